The molecule has 3 atom stereocenters. The lowest BCUT2D eigenvalue weighted by molar-refractivity contribution is -0.137. The summed E-state index contributed by atoms with van der Waals surface area (Å²) in [5, 5.41) is 11.7. The largest absolute Gasteiger partial charge is 0.418 e. The normalized spacial score (nSPS) is 26.9. The molecule has 110 valence electrons. The molecule has 0 heterocycles. The molecule has 2 nitrogen and oxygen atoms in total. The van der Waals surface area contributed by atoms with Crippen LogP contribution in [0.2, 0.25) is 0 Å². The summed E-state index contributed by atoms with van der Waals surface area (Å²) in [7, 11) is 0. The van der Waals surface area contributed by atoms with Crippen molar-refractivity contribution in [2.75, 3.05) is 11.9 Å². The summed E-state index contributed by atoms with van der Waals surface area (Å²) in [5.74, 6) is 1.50. The quantitative estimate of drug-likeness (QED) is 0.847. The summed E-state index contributed by atoms with van der Waals surface area (Å²) in [4.78, 5) is 0. The summed E-state index contributed by atoms with van der Waals surface area (Å²) < 4.78 is 39.2. The molecule has 1 fully saturated rings. The average Bonchev–Trinajstić information content (AvgIpc) is 3.06. The Kier molecular flexibility index (Phi) is 3.40. The van der Waals surface area contributed by atoms with E-state index in [1.54, 1.807) is 6.07 Å². The van der Waals surface area contributed by atoms with Crippen LogP contribution in [0.5, 0.6) is 0 Å². The number of halogens is 3. The lowest BCUT2D eigenvalue weighted by atomic mass is 9.93. The molecule has 21 heavy (non-hydrogen) atoms. The van der Waals surface area contributed by atoms with Gasteiger partial charge in [-0.3, -0.25) is 0 Å². The smallest absolute Gasteiger partial charge is 0.384 e. The van der Waals surface area contributed by atoms with E-state index in [1.807, 2.05) is 0 Å². The first-order chi connectivity index (χ1) is 9.97. The molecule has 1 aromatic rings. The molecule has 1 saturated carbocycles. The van der Waals surface area contributed by atoms with Gasteiger partial charge in [0, 0.05) is 12.2 Å². The first-order valence-corrected chi connectivity index (χ1v) is 7.01. The van der Waals surface area contributed by atoms with Gasteiger partial charge in [0.1, 0.15) is 0 Å². The van der Waals surface area contributed by atoms with Gasteiger partial charge in [-0.1, -0.05) is 12.2 Å². The average molecular weight is 292 g/mol. The molecule has 3 rings (SSSR count). The van der Waals surface area contributed by atoms with Crippen molar-refractivity contribution in [2.45, 2.75) is 19.0 Å². The standard InChI is InChI=1S/C16H15F3N2/c17-16(18,19)14-7-11(8-20)2-4-15(14)21-9-13-6-10-1-3-12(13)5-10/h1-4,7,10,12-13,21H,5-6,9H2. The number of fused-ring (bicyclic) bond motifs is 2. The molecule has 2 aliphatic carbocycles. The van der Waals surface area contributed by atoms with Crippen molar-refractivity contribution >= 4 is 5.69 Å². The van der Waals surface area contributed by atoms with Crippen LogP contribution in [0.1, 0.15) is 24.0 Å². The molecule has 2 aliphatic rings. The van der Waals surface area contributed by atoms with Crippen LogP contribution in [-0.2, 0) is 6.18 Å². The molecule has 0 spiro atoms. The zero-order chi connectivity index (χ0) is 15.0. The van der Waals surface area contributed by atoms with E-state index in [0.717, 1.165) is 18.9 Å². The molecule has 5 heteroatoms. The Balaban J connectivity index is 1.76. The number of anilines is 1. The minimum absolute atomic E-state index is 0.0238. The van der Waals surface area contributed by atoms with Crippen molar-refractivity contribution < 1.29 is 13.2 Å². The summed E-state index contributed by atoms with van der Waals surface area (Å²) in [5.41, 5.74) is -0.677. The fraction of sp³-hybridized carbons (Fsp3) is 0.438. The second-order valence-electron chi connectivity index (χ2n) is 5.79. The third-order valence-corrected chi connectivity index (χ3v) is 4.43. The van der Waals surface area contributed by atoms with E-state index in [1.165, 1.54) is 12.1 Å². The van der Waals surface area contributed by atoms with Crippen LogP contribution >= 0.6 is 0 Å². The van der Waals surface area contributed by atoms with Gasteiger partial charge in [-0.2, -0.15) is 18.4 Å². The van der Waals surface area contributed by atoms with Gasteiger partial charge in [-0.25, -0.2) is 0 Å². The van der Waals surface area contributed by atoms with Crippen LogP contribution in [0.3, 0.4) is 0 Å². The second kappa shape index (κ2) is 5.10. The number of hydrogen-bond acceptors (Lipinski definition) is 2. The van der Waals surface area contributed by atoms with E-state index in [0.29, 0.717) is 24.3 Å². The van der Waals surface area contributed by atoms with E-state index >= 15 is 0 Å². The Morgan fingerprint density at radius 2 is 2.05 bits per heavy atom. The number of hydrogen-bond donors (Lipinski definition) is 1. The highest BCUT2D eigenvalue weighted by Crippen LogP contribution is 2.43. The van der Waals surface area contributed by atoms with Gasteiger partial charge in [-0.05, 0) is 48.8 Å². The molecule has 1 aromatic carbocycles. The van der Waals surface area contributed by atoms with Crippen LogP contribution in [0.25, 0.3) is 0 Å². The van der Waals surface area contributed by atoms with E-state index < -0.39 is 11.7 Å². The Hall–Kier alpha value is -1.96. The van der Waals surface area contributed by atoms with Crippen molar-refractivity contribution in [1.29, 1.82) is 5.26 Å². The highest BCUT2D eigenvalue weighted by atomic mass is 19.4. The monoisotopic (exact) mass is 292 g/mol. The maximum atomic E-state index is 13.1. The van der Waals surface area contributed by atoms with Gasteiger partial charge in [0.25, 0.3) is 0 Å². The van der Waals surface area contributed by atoms with Gasteiger partial charge >= 0.3 is 6.18 Å². The Morgan fingerprint density at radius 3 is 2.62 bits per heavy atom. The van der Waals surface area contributed by atoms with Crippen LogP contribution < -0.4 is 5.32 Å². The van der Waals surface area contributed by atoms with Crippen molar-refractivity contribution in [3.05, 3.63) is 41.5 Å². The fourth-order valence-electron chi connectivity index (χ4n) is 3.37. The van der Waals surface area contributed by atoms with Gasteiger partial charge in [0.15, 0.2) is 0 Å². The predicted molar refractivity (Wildman–Crippen MR) is 73.5 cm³/mol. The highest BCUT2D eigenvalue weighted by molar-refractivity contribution is 5.56. The van der Waals surface area contributed by atoms with Crippen molar-refractivity contribution in [1.82, 2.24) is 0 Å². The Bertz CT molecular complexity index is 613. The SMILES string of the molecule is N#Cc1ccc(NCC2CC3C=CC2C3)c(C(F)(F)F)c1. The highest BCUT2D eigenvalue weighted by Gasteiger charge is 2.37. The van der Waals surface area contributed by atoms with Gasteiger partial charge in [-0.15, -0.1) is 0 Å². The maximum absolute atomic E-state index is 13.1. The zero-order valence-corrected chi connectivity index (χ0v) is 11.3. The molecule has 2 bridgehead atoms. The molecule has 0 saturated heterocycles. The van der Waals surface area contributed by atoms with Crippen LogP contribution in [0.15, 0.2) is 30.4 Å². The van der Waals surface area contributed by atoms with Crippen molar-refractivity contribution in [2.24, 2.45) is 17.8 Å². The third-order valence-electron chi connectivity index (χ3n) is 4.43. The molecule has 0 radical (unpaired) electrons. The minimum Gasteiger partial charge on any atom is -0.384 e. The lowest BCUT2D eigenvalue weighted by Crippen LogP contribution is -2.20. The van der Waals surface area contributed by atoms with E-state index in [9.17, 15) is 13.2 Å². The van der Waals surface area contributed by atoms with Gasteiger partial charge in [0.05, 0.1) is 17.2 Å². The zero-order valence-electron chi connectivity index (χ0n) is 11.3. The first-order valence-electron chi connectivity index (χ1n) is 7.01. The Morgan fingerprint density at radius 1 is 1.24 bits per heavy atom. The number of nitrogens with one attached hydrogen (secondary N) is 1. The number of nitrogens with zero attached hydrogens (tertiary/aromatic N) is 1. The molecule has 3 unspecified atom stereocenters. The minimum atomic E-state index is -4.45. The maximum Gasteiger partial charge on any atom is 0.418 e. The molecule has 0 amide bonds. The molecular weight excluding hydrogens is 277 g/mol. The van der Waals surface area contributed by atoms with Crippen LogP contribution in [0.4, 0.5) is 18.9 Å². The lowest BCUT2D eigenvalue weighted by Gasteiger charge is -2.21. The predicted octanol–water partition coefficient (Wildman–Crippen LogP) is 4.20. The number of alkyl halides is 3. The molecule has 0 aromatic heterocycles. The van der Waals surface area contributed by atoms with E-state index in [4.69, 9.17) is 5.26 Å². The molecular formula is C16H15F3N2. The number of allylic oxidation sites excluding steroid dienone is 2. The van der Waals surface area contributed by atoms with Crippen molar-refractivity contribution in [3.8, 4) is 6.07 Å². The summed E-state index contributed by atoms with van der Waals surface area (Å²) in [6.07, 6.45) is 2.12. The summed E-state index contributed by atoms with van der Waals surface area (Å²) >= 11 is 0. The van der Waals surface area contributed by atoms with Gasteiger partial charge in [0.2, 0.25) is 0 Å². The number of rotatable bonds is 3. The summed E-state index contributed by atoms with van der Waals surface area (Å²) in [6, 6.07) is 5.42. The summed E-state index contributed by atoms with van der Waals surface area (Å²) in [6.45, 7) is 0.542. The van der Waals surface area contributed by atoms with E-state index in [-0.39, 0.29) is 11.3 Å². The van der Waals surface area contributed by atoms with E-state index in [2.05, 4.69) is 17.5 Å². The van der Waals surface area contributed by atoms with Gasteiger partial charge < -0.3 is 5.32 Å². The fourth-order valence-corrected chi connectivity index (χ4v) is 3.37. The number of benzene rings is 1. The van der Waals surface area contributed by atoms with Crippen LogP contribution in [0, 0.1) is 29.1 Å². The second-order valence-corrected chi connectivity index (χ2v) is 5.79. The Labute approximate surface area is 121 Å². The topological polar surface area (TPSA) is 35.8 Å². The third kappa shape index (κ3) is 2.76. The first kappa shape index (κ1) is 14.0. The molecule has 0 aliphatic heterocycles. The van der Waals surface area contributed by atoms with Crippen LogP contribution in [-0.4, -0.2) is 6.54 Å². The van der Waals surface area contributed by atoms with Crippen molar-refractivity contribution in [3.63, 3.8) is 0 Å². The number of nitriles is 1. The molecule has 1 N–H and O–H groups in total.